The van der Waals surface area contributed by atoms with E-state index < -0.39 is 22.5 Å². The molecule has 0 spiro atoms. The lowest BCUT2D eigenvalue weighted by Crippen LogP contribution is -2.13. The lowest BCUT2D eigenvalue weighted by Gasteiger charge is -2.07. The molecule has 0 heterocycles. The van der Waals surface area contributed by atoms with Gasteiger partial charge in [-0.15, -0.1) is 0 Å². The van der Waals surface area contributed by atoms with Gasteiger partial charge < -0.3 is 4.74 Å². The summed E-state index contributed by atoms with van der Waals surface area (Å²) < 4.78 is 18.1. The Bertz CT molecular complexity index is 661. The molecule has 1 amide bonds. The summed E-state index contributed by atoms with van der Waals surface area (Å²) >= 11 is 0. The van der Waals surface area contributed by atoms with Crippen molar-refractivity contribution in [2.24, 2.45) is 0 Å². The highest BCUT2D eigenvalue weighted by Gasteiger charge is 2.12. The van der Waals surface area contributed by atoms with Gasteiger partial charge in [0.15, 0.2) is 0 Å². The van der Waals surface area contributed by atoms with E-state index in [1.807, 2.05) is 6.07 Å². The van der Waals surface area contributed by atoms with Crippen LogP contribution >= 0.6 is 0 Å². The van der Waals surface area contributed by atoms with Crippen molar-refractivity contribution in [2.45, 2.75) is 6.61 Å². The summed E-state index contributed by atoms with van der Waals surface area (Å²) in [6.45, 7) is 0.0457. The normalized spacial score (nSPS) is 9.95. The first-order chi connectivity index (χ1) is 10.0. The highest BCUT2D eigenvalue weighted by atomic mass is 19.1. The number of hydrogen-bond acceptors (Lipinski definition) is 4. The van der Waals surface area contributed by atoms with E-state index >= 15 is 0 Å². The molecular formula is C14H11FN2O4. The van der Waals surface area contributed by atoms with E-state index in [1.54, 1.807) is 24.3 Å². The molecule has 2 aromatic rings. The summed E-state index contributed by atoms with van der Waals surface area (Å²) in [6, 6.07) is 11.8. The minimum absolute atomic E-state index is 0.0419. The van der Waals surface area contributed by atoms with Crippen molar-refractivity contribution in [1.82, 2.24) is 0 Å². The number of rotatable bonds is 4. The van der Waals surface area contributed by atoms with Crippen LogP contribution in [0.25, 0.3) is 0 Å². The number of carbonyl (C=O) groups excluding carboxylic acids is 1. The predicted octanol–water partition coefficient (Wildman–Crippen LogP) is 3.48. The Morgan fingerprint density at radius 3 is 2.62 bits per heavy atom. The van der Waals surface area contributed by atoms with Crippen LogP contribution in [-0.2, 0) is 11.3 Å². The molecule has 108 valence electrons. The van der Waals surface area contributed by atoms with Gasteiger partial charge in [-0.25, -0.2) is 9.18 Å². The second kappa shape index (κ2) is 6.47. The SMILES string of the molecule is O=C(Nc1cc(F)cc([N+](=O)[O-])c1)OCc1ccccc1. The number of nitro groups is 1. The van der Waals surface area contributed by atoms with Crippen LogP contribution in [0.1, 0.15) is 5.56 Å². The van der Waals surface area contributed by atoms with Gasteiger partial charge in [-0.2, -0.15) is 0 Å². The van der Waals surface area contributed by atoms with E-state index in [-0.39, 0.29) is 12.3 Å². The van der Waals surface area contributed by atoms with Crippen molar-refractivity contribution in [1.29, 1.82) is 0 Å². The number of nitrogens with zero attached hydrogens (tertiary/aromatic N) is 1. The molecule has 0 aliphatic heterocycles. The molecule has 0 aliphatic carbocycles. The number of nitrogens with one attached hydrogen (secondary N) is 1. The van der Waals surface area contributed by atoms with Crippen LogP contribution in [0.4, 0.5) is 20.6 Å². The molecule has 0 atom stereocenters. The fourth-order valence-electron chi connectivity index (χ4n) is 1.63. The van der Waals surface area contributed by atoms with Crippen LogP contribution in [0.15, 0.2) is 48.5 Å². The second-order valence-electron chi connectivity index (χ2n) is 4.14. The van der Waals surface area contributed by atoms with Crippen molar-refractivity contribution in [2.75, 3.05) is 5.32 Å². The number of benzene rings is 2. The third kappa shape index (κ3) is 4.27. The zero-order valence-electron chi connectivity index (χ0n) is 10.8. The standard InChI is InChI=1S/C14H11FN2O4/c15-11-6-12(8-13(7-11)17(19)20)16-14(18)21-9-10-4-2-1-3-5-10/h1-8H,9H2,(H,16,18). The van der Waals surface area contributed by atoms with Gasteiger partial charge in [-0.3, -0.25) is 15.4 Å². The van der Waals surface area contributed by atoms with Gasteiger partial charge in [-0.05, 0) is 11.6 Å². The molecule has 0 bridgehead atoms. The average molecular weight is 290 g/mol. The van der Waals surface area contributed by atoms with Crippen LogP contribution in [0.5, 0.6) is 0 Å². The number of anilines is 1. The summed E-state index contributed by atoms with van der Waals surface area (Å²) in [5, 5.41) is 12.8. The smallest absolute Gasteiger partial charge is 0.411 e. The van der Waals surface area contributed by atoms with Crippen molar-refractivity contribution in [3.63, 3.8) is 0 Å². The van der Waals surface area contributed by atoms with E-state index in [0.29, 0.717) is 0 Å². The van der Waals surface area contributed by atoms with Gasteiger partial charge in [-0.1, -0.05) is 30.3 Å². The number of carbonyl (C=O) groups is 1. The Kier molecular flexibility index (Phi) is 4.45. The van der Waals surface area contributed by atoms with E-state index in [9.17, 15) is 19.3 Å². The fraction of sp³-hybridized carbons (Fsp3) is 0.0714. The molecule has 0 aliphatic rings. The summed E-state index contributed by atoms with van der Waals surface area (Å²) in [7, 11) is 0. The van der Waals surface area contributed by atoms with Gasteiger partial charge in [0.05, 0.1) is 16.7 Å². The third-order valence-corrected chi connectivity index (χ3v) is 2.55. The van der Waals surface area contributed by atoms with Crippen molar-refractivity contribution < 1.29 is 18.8 Å². The average Bonchev–Trinajstić information content (AvgIpc) is 2.45. The van der Waals surface area contributed by atoms with E-state index in [4.69, 9.17) is 4.74 Å². The number of halogens is 1. The Labute approximate surface area is 119 Å². The van der Waals surface area contributed by atoms with Crippen molar-refractivity contribution in [3.05, 3.63) is 70.0 Å². The van der Waals surface area contributed by atoms with Gasteiger partial charge in [0.1, 0.15) is 12.4 Å². The van der Waals surface area contributed by atoms with Crippen LogP contribution < -0.4 is 5.32 Å². The number of nitro benzene ring substituents is 1. The summed E-state index contributed by atoms with van der Waals surface area (Å²) in [5.41, 5.74) is 0.297. The Hall–Kier alpha value is -2.96. The second-order valence-corrected chi connectivity index (χ2v) is 4.14. The Morgan fingerprint density at radius 1 is 1.24 bits per heavy atom. The molecular weight excluding hydrogens is 279 g/mol. The first kappa shape index (κ1) is 14.4. The Morgan fingerprint density at radius 2 is 1.95 bits per heavy atom. The van der Waals surface area contributed by atoms with Gasteiger partial charge in [0.25, 0.3) is 5.69 Å². The maximum absolute atomic E-state index is 13.2. The van der Waals surface area contributed by atoms with Gasteiger partial charge in [0, 0.05) is 6.07 Å². The molecule has 0 aromatic heterocycles. The van der Waals surface area contributed by atoms with Gasteiger partial charge in [0.2, 0.25) is 0 Å². The molecule has 0 saturated carbocycles. The minimum atomic E-state index is -0.821. The number of hydrogen-bond donors (Lipinski definition) is 1. The zero-order chi connectivity index (χ0) is 15.2. The molecule has 0 unspecified atom stereocenters. The molecule has 7 heteroatoms. The molecule has 0 radical (unpaired) electrons. The minimum Gasteiger partial charge on any atom is -0.444 e. The highest BCUT2D eigenvalue weighted by molar-refractivity contribution is 5.85. The van der Waals surface area contributed by atoms with E-state index in [0.717, 1.165) is 23.8 Å². The first-order valence-corrected chi connectivity index (χ1v) is 5.97. The summed E-state index contributed by atoms with van der Waals surface area (Å²) in [6.07, 6.45) is -0.821. The van der Waals surface area contributed by atoms with Crippen LogP contribution in [0.2, 0.25) is 0 Å². The zero-order valence-corrected chi connectivity index (χ0v) is 10.8. The Balaban J connectivity index is 1.98. The predicted molar refractivity (Wildman–Crippen MR) is 73.3 cm³/mol. The molecule has 6 nitrogen and oxygen atoms in total. The summed E-state index contributed by atoms with van der Waals surface area (Å²) in [4.78, 5) is 21.4. The molecule has 1 N–H and O–H groups in total. The van der Waals surface area contributed by atoms with Crippen molar-refractivity contribution >= 4 is 17.5 Å². The molecule has 2 aromatic carbocycles. The fourth-order valence-corrected chi connectivity index (χ4v) is 1.63. The first-order valence-electron chi connectivity index (χ1n) is 5.97. The van der Waals surface area contributed by atoms with Crippen LogP contribution in [0, 0.1) is 15.9 Å². The molecule has 0 saturated heterocycles. The molecule has 2 rings (SSSR count). The monoisotopic (exact) mass is 290 g/mol. The van der Waals surface area contributed by atoms with E-state index in [2.05, 4.69) is 5.32 Å². The number of amides is 1. The topological polar surface area (TPSA) is 81.5 Å². The number of ether oxygens (including phenoxy) is 1. The lowest BCUT2D eigenvalue weighted by molar-refractivity contribution is -0.385. The largest absolute Gasteiger partial charge is 0.444 e. The highest BCUT2D eigenvalue weighted by Crippen LogP contribution is 2.20. The van der Waals surface area contributed by atoms with Gasteiger partial charge >= 0.3 is 6.09 Å². The van der Waals surface area contributed by atoms with Crippen LogP contribution in [0.3, 0.4) is 0 Å². The summed E-state index contributed by atoms with van der Waals surface area (Å²) in [5.74, 6) is -0.817. The quantitative estimate of drug-likeness (QED) is 0.690. The molecule has 21 heavy (non-hydrogen) atoms. The molecule has 0 fully saturated rings. The maximum atomic E-state index is 13.2. The van der Waals surface area contributed by atoms with E-state index in [1.165, 1.54) is 0 Å². The maximum Gasteiger partial charge on any atom is 0.411 e. The lowest BCUT2D eigenvalue weighted by atomic mass is 10.2. The number of non-ortho nitro benzene ring substituents is 1. The van der Waals surface area contributed by atoms with Crippen LogP contribution in [-0.4, -0.2) is 11.0 Å². The third-order valence-electron chi connectivity index (χ3n) is 2.55. The van der Waals surface area contributed by atoms with Crippen molar-refractivity contribution in [3.8, 4) is 0 Å².